The molecular weight excluding hydrogens is 234 g/mol. The molecule has 0 spiro atoms. The van der Waals surface area contributed by atoms with E-state index in [1.54, 1.807) is 0 Å². The molecule has 1 saturated carbocycles. The molecule has 0 aliphatic heterocycles. The Kier molecular flexibility index (Phi) is 4.87. The van der Waals surface area contributed by atoms with Gasteiger partial charge in [0.25, 0.3) is 0 Å². The van der Waals surface area contributed by atoms with Crippen LogP contribution in [0.1, 0.15) is 58.6 Å². The van der Waals surface area contributed by atoms with E-state index in [2.05, 4.69) is 51.2 Å². The fourth-order valence-electron chi connectivity index (χ4n) is 3.00. The first-order valence-corrected chi connectivity index (χ1v) is 7.59. The minimum absolute atomic E-state index is 0.221. The summed E-state index contributed by atoms with van der Waals surface area (Å²) in [6.07, 6.45) is 4.24. The molecule has 1 aliphatic carbocycles. The van der Waals surface area contributed by atoms with E-state index in [1.165, 1.54) is 24.8 Å². The SMILES string of the molecule is CC(C)Oc1ccccc1C(C)NC1CCCC1C. The summed E-state index contributed by atoms with van der Waals surface area (Å²) in [4.78, 5) is 0. The van der Waals surface area contributed by atoms with E-state index >= 15 is 0 Å². The normalized spacial score (nSPS) is 24.7. The van der Waals surface area contributed by atoms with Crippen LogP contribution in [-0.2, 0) is 0 Å². The standard InChI is InChI=1S/C17H27NO/c1-12(2)19-17-11-6-5-9-15(17)14(4)18-16-10-7-8-13(16)3/h5-6,9,11-14,16,18H,7-8,10H2,1-4H3. The van der Waals surface area contributed by atoms with E-state index in [4.69, 9.17) is 4.74 Å². The van der Waals surface area contributed by atoms with Crippen molar-refractivity contribution in [2.75, 3.05) is 0 Å². The van der Waals surface area contributed by atoms with Crippen molar-refractivity contribution in [2.24, 2.45) is 5.92 Å². The summed E-state index contributed by atoms with van der Waals surface area (Å²) >= 11 is 0. The predicted octanol–water partition coefficient (Wildman–Crippen LogP) is 4.31. The van der Waals surface area contributed by atoms with Crippen molar-refractivity contribution >= 4 is 0 Å². The van der Waals surface area contributed by atoms with E-state index in [9.17, 15) is 0 Å². The zero-order valence-corrected chi connectivity index (χ0v) is 12.6. The Labute approximate surface area is 117 Å². The highest BCUT2D eigenvalue weighted by molar-refractivity contribution is 5.35. The summed E-state index contributed by atoms with van der Waals surface area (Å²) in [5.74, 6) is 1.81. The van der Waals surface area contributed by atoms with Crippen LogP contribution in [0, 0.1) is 5.92 Å². The van der Waals surface area contributed by atoms with Gasteiger partial charge in [-0.25, -0.2) is 0 Å². The highest BCUT2D eigenvalue weighted by Gasteiger charge is 2.25. The van der Waals surface area contributed by atoms with Gasteiger partial charge in [0.1, 0.15) is 5.75 Å². The quantitative estimate of drug-likeness (QED) is 0.852. The molecule has 0 radical (unpaired) electrons. The predicted molar refractivity (Wildman–Crippen MR) is 80.6 cm³/mol. The second-order valence-electron chi connectivity index (χ2n) is 6.11. The van der Waals surface area contributed by atoms with Gasteiger partial charge in [0.2, 0.25) is 0 Å². The van der Waals surface area contributed by atoms with Gasteiger partial charge in [0.05, 0.1) is 6.10 Å². The summed E-state index contributed by atoms with van der Waals surface area (Å²) in [5.41, 5.74) is 1.27. The van der Waals surface area contributed by atoms with E-state index < -0.39 is 0 Å². The number of para-hydroxylation sites is 1. The van der Waals surface area contributed by atoms with Gasteiger partial charge in [0, 0.05) is 17.6 Å². The van der Waals surface area contributed by atoms with Crippen molar-refractivity contribution in [2.45, 2.75) is 65.1 Å². The number of ether oxygens (including phenoxy) is 1. The van der Waals surface area contributed by atoms with Crippen molar-refractivity contribution < 1.29 is 4.74 Å². The van der Waals surface area contributed by atoms with Crippen molar-refractivity contribution in [3.05, 3.63) is 29.8 Å². The van der Waals surface area contributed by atoms with E-state index in [1.807, 2.05) is 6.07 Å². The lowest BCUT2D eigenvalue weighted by molar-refractivity contribution is 0.237. The first-order chi connectivity index (χ1) is 9.08. The lowest BCUT2D eigenvalue weighted by Crippen LogP contribution is -2.33. The minimum atomic E-state index is 0.221. The Balaban J connectivity index is 2.07. The summed E-state index contributed by atoms with van der Waals surface area (Å²) in [6.45, 7) is 8.75. The summed E-state index contributed by atoms with van der Waals surface area (Å²) in [6, 6.07) is 9.40. The van der Waals surface area contributed by atoms with Crippen LogP contribution in [0.2, 0.25) is 0 Å². The van der Waals surface area contributed by atoms with Crippen molar-refractivity contribution in [1.82, 2.24) is 5.32 Å². The highest BCUT2D eigenvalue weighted by atomic mass is 16.5. The molecule has 3 unspecified atom stereocenters. The Hall–Kier alpha value is -1.02. The van der Waals surface area contributed by atoms with Crippen LogP contribution in [0.5, 0.6) is 5.75 Å². The molecule has 1 fully saturated rings. The van der Waals surface area contributed by atoms with E-state index in [0.29, 0.717) is 12.1 Å². The zero-order chi connectivity index (χ0) is 13.8. The highest BCUT2D eigenvalue weighted by Crippen LogP contribution is 2.30. The average molecular weight is 261 g/mol. The van der Waals surface area contributed by atoms with Crippen LogP contribution in [0.25, 0.3) is 0 Å². The minimum Gasteiger partial charge on any atom is -0.491 e. The second-order valence-corrected chi connectivity index (χ2v) is 6.11. The van der Waals surface area contributed by atoms with Gasteiger partial charge < -0.3 is 10.1 Å². The van der Waals surface area contributed by atoms with Gasteiger partial charge in [-0.1, -0.05) is 31.5 Å². The van der Waals surface area contributed by atoms with Gasteiger partial charge in [-0.05, 0) is 45.6 Å². The van der Waals surface area contributed by atoms with Crippen molar-refractivity contribution in [3.63, 3.8) is 0 Å². The molecule has 1 aliphatic rings. The zero-order valence-electron chi connectivity index (χ0n) is 12.6. The van der Waals surface area contributed by atoms with E-state index in [0.717, 1.165) is 11.7 Å². The van der Waals surface area contributed by atoms with Gasteiger partial charge in [-0.3, -0.25) is 0 Å². The molecule has 0 aromatic heterocycles. The molecule has 1 aromatic rings. The summed E-state index contributed by atoms with van der Waals surface area (Å²) < 4.78 is 5.92. The van der Waals surface area contributed by atoms with Crippen LogP contribution in [0.3, 0.4) is 0 Å². The first-order valence-electron chi connectivity index (χ1n) is 7.59. The van der Waals surface area contributed by atoms with Gasteiger partial charge in [-0.2, -0.15) is 0 Å². The molecule has 2 rings (SSSR count). The second kappa shape index (κ2) is 6.42. The molecule has 2 heteroatoms. The Morgan fingerprint density at radius 1 is 1.16 bits per heavy atom. The molecule has 19 heavy (non-hydrogen) atoms. The van der Waals surface area contributed by atoms with Crippen LogP contribution in [0.4, 0.5) is 0 Å². The number of benzene rings is 1. The molecule has 0 saturated heterocycles. The van der Waals surface area contributed by atoms with Crippen LogP contribution in [-0.4, -0.2) is 12.1 Å². The lowest BCUT2D eigenvalue weighted by atomic mass is 10.0. The maximum Gasteiger partial charge on any atom is 0.124 e. The largest absolute Gasteiger partial charge is 0.491 e. The maximum absolute atomic E-state index is 5.92. The third-order valence-corrected chi connectivity index (χ3v) is 4.07. The fraction of sp³-hybridized carbons (Fsp3) is 0.647. The molecule has 0 heterocycles. The van der Waals surface area contributed by atoms with Crippen molar-refractivity contribution in [3.8, 4) is 5.75 Å². The molecule has 1 N–H and O–H groups in total. The molecule has 0 bridgehead atoms. The maximum atomic E-state index is 5.92. The average Bonchev–Trinajstić information content (AvgIpc) is 2.75. The smallest absolute Gasteiger partial charge is 0.124 e. The van der Waals surface area contributed by atoms with Gasteiger partial charge in [-0.15, -0.1) is 0 Å². The number of rotatable bonds is 5. The molecule has 3 atom stereocenters. The van der Waals surface area contributed by atoms with E-state index in [-0.39, 0.29) is 6.10 Å². The fourth-order valence-corrected chi connectivity index (χ4v) is 3.00. The third-order valence-electron chi connectivity index (χ3n) is 4.07. The molecule has 0 amide bonds. The third kappa shape index (κ3) is 3.73. The molecule has 106 valence electrons. The lowest BCUT2D eigenvalue weighted by Gasteiger charge is -2.25. The number of hydrogen-bond donors (Lipinski definition) is 1. The Bertz CT molecular complexity index is 402. The Morgan fingerprint density at radius 2 is 1.89 bits per heavy atom. The van der Waals surface area contributed by atoms with Gasteiger partial charge in [0.15, 0.2) is 0 Å². The topological polar surface area (TPSA) is 21.3 Å². The van der Waals surface area contributed by atoms with Crippen LogP contribution >= 0.6 is 0 Å². The summed E-state index contributed by atoms with van der Waals surface area (Å²) in [7, 11) is 0. The molecule has 2 nitrogen and oxygen atoms in total. The van der Waals surface area contributed by atoms with Crippen LogP contribution < -0.4 is 10.1 Å². The monoisotopic (exact) mass is 261 g/mol. The first kappa shape index (κ1) is 14.4. The van der Waals surface area contributed by atoms with Crippen molar-refractivity contribution in [1.29, 1.82) is 0 Å². The van der Waals surface area contributed by atoms with Crippen LogP contribution in [0.15, 0.2) is 24.3 Å². The Morgan fingerprint density at radius 3 is 2.53 bits per heavy atom. The summed E-state index contributed by atoms with van der Waals surface area (Å²) in [5, 5.41) is 3.78. The van der Waals surface area contributed by atoms with Gasteiger partial charge >= 0.3 is 0 Å². The molecule has 1 aromatic carbocycles. The number of nitrogens with one attached hydrogen (secondary N) is 1. The molecular formula is C17H27NO. The number of hydrogen-bond acceptors (Lipinski definition) is 2.